The van der Waals surface area contributed by atoms with Gasteiger partial charge in [-0.3, -0.25) is 9.63 Å². The van der Waals surface area contributed by atoms with Crippen LogP contribution in [0.15, 0.2) is 0 Å². The van der Waals surface area contributed by atoms with Gasteiger partial charge < -0.3 is 4.74 Å². The molecule has 0 unspecified atom stereocenters. The van der Waals surface area contributed by atoms with E-state index in [9.17, 15) is 4.79 Å². The summed E-state index contributed by atoms with van der Waals surface area (Å²) in [7, 11) is 0. The Morgan fingerprint density at radius 2 is 1.80 bits per heavy atom. The van der Waals surface area contributed by atoms with E-state index >= 15 is 0 Å². The van der Waals surface area contributed by atoms with Gasteiger partial charge in [-0.15, -0.1) is 0 Å². The van der Waals surface area contributed by atoms with Gasteiger partial charge in [-0.25, -0.2) is 5.48 Å². The minimum absolute atomic E-state index is 0.0326. The number of rotatable bonds is 3. The summed E-state index contributed by atoms with van der Waals surface area (Å²) in [5.74, 6) is 0.116. The van der Waals surface area contributed by atoms with E-state index in [1.807, 2.05) is 0 Å². The molecule has 0 aromatic rings. The molecule has 2 rings (SSSR count). The van der Waals surface area contributed by atoms with Crippen molar-refractivity contribution in [3.63, 3.8) is 0 Å². The quantitative estimate of drug-likeness (QED) is 0.721. The Balaban J connectivity index is 1.66. The fourth-order valence-corrected chi connectivity index (χ4v) is 2.19. The van der Waals surface area contributed by atoms with Crippen LogP contribution >= 0.6 is 0 Å². The molecular weight excluding hydrogens is 194 g/mol. The van der Waals surface area contributed by atoms with E-state index in [-0.39, 0.29) is 17.9 Å². The second-order valence-electron chi connectivity index (χ2n) is 4.38. The van der Waals surface area contributed by atoms with E-state index < -0.39 is 0 Å². The number of hydrogen-bond donors (Lipinski definition) is 1. The first-order chi connectivity index (χ1) is 7.36. The fraction of sp³-hybridized carbons (Fsp3) is 0.909. The van der Waals surface area contributed by atoms with E-state index in [1.54, 1.807) is 0 Å². The minimum Gasteiger partial charge on any atom is -0.381 e. The molecule has 1 saturated carbocycles. The van der Waals surface area contributed by atoms with Crippen molar-refractivity contribution in [2.45, 2.75) is 44.6 Å². The maximum absolute atomic E-state index is 11.7. The highest BCUT2D eigenvalue weighted by atomic mass is 16.7. The van der Waals surface area contributed by atoms with Crippen molar-refractivity contribution in [3.8, 4) is 0 Å². The first-order valence-corrected chi connectivity index (χ1v) is 5.89. The third-order valence-electron chi connectivity index (χ3n) is 3.22. The average molecular weight is 213 g/mol. The van der Waals surface area contributed by atoms with Gasteiger partial charge in [-0.05, 0) is 25.7 Å². The van der Waals surface area contributed by atoms with E-state index in [1.165, 1.54) is 12.8 Å². The van der Waals surface area contributed by atoms with Crippen LogP contribution in [-0.2, 0) is 14.4 Å². The zero-order valence-electron chi connectivity index (χ0n) is 9.04. The Hall–Kier alpha value is -0.610. The predicted molar refractivity (Wildman–Crippen MR) is 55.0 cm³/mol. The number of hydrogen-bond acceptors (Lipinski definition) is 3. The van der Waals surface area contributed by atoms with E-state index in [4.69, 9.17) is 9.57 Å². The van der Waals surface area contributed by atoms with Crippen molar-refractivity contribution in [1.29, 1.82) is 0 Å². The molecule has 0 atom stereocenters. The molecule has 1 N–H and O–H groups in total. The number of nitrogens with one attached hydrogen (secondary N) is 1. The van der Waals surface area contributed by atoms with E-state index in [0.717, 1.165) is 25.7 Å². The van der Waals surface area contributed by atoms with Crippen molar-refractivity contribution < 1.29 is 14.4 Å². The molecule has 1 heterocycles. The van der Waals surface area contributed by atoms with Gasteiger partial charge in [0.15, 0.2) is 0 Å². The van der Waals surface area contributed by atoms with Gasteiger partial charge >= 0.3 is 0 Å². The second kappa shape index (κ2) is 5.47. The number of carbonyl (C=O) groups excluding carboxylic acids is 1. The summed E-state index contributed by atoms with van der Waals surface area (Å²) in [6.45, 7) is 1.39. The molecule has 0 spiro atoms. The van der Waals surface area contributed by atoms with Gasteiger partial charge in [0, 0.05) is 19.1 Å². The predicted octanol–water partition coefficient (Wildman–Crippen LogP) is 1.40. The standard InChI is InChI=1S/C11H19NO3/c13-11(9-5-7-14-8-6-9)12-15-10-3-1-2-4-10/h9-10H,1-8H2,(H,12,13). The van der Waals surface area contributed by atoms with E-state index in [0.29, 0.717) is 13.2 Å². The van der Waals surface area contributed by atoms with Crippen molar-refractivity contribution in [1.82, 2.24) is 5.48 Å². The smallest absolute Gasteiger partial charge is 0.246 e. The molecule has 0 bridgehead atoms. The molecule has 4 nitrogen and oxygen atoms in total. The molecule has 1 amide bonds. The summed E-state index contributed by atoms with van der Waals surface area (Å²) in [5, 5.41) is 0. The zero-order chi connectivity index (χ0) is 10.5. The van der Waals surface area contributed by atoms with Crippen molar-refractivity contribution >= 4 is 5.91 Å². The minimum atomic E-state index is 0.0326. The molecular formula is C11H19NO3. The van der Waals surface area contributed by atoms with Gasteiger partial charge in [0.05, 0.1) is 6.10 Å². The Morgan fingerprint density at radius 3 is 2.47 bits per heavy atom. The van der Waals surface area contributed by atoms with Crippen molar-refractivity contribution in [2.24, 2.45) is 5.92 Å². The van der Waals surface area contributed by atoms with Gasteiger partial charge in [0.25, 0.3) is 0 Å². The van der Waals surface area contributed by atoms with Crippen molar-refractivity contribution in [3.05, 3.63) is 0 Å². The molecule has 1 aliphatic carbocycles. The molecule has 0 aromatic carbocycles. The normalized spacial score (nSPS) is 24.3. The Bertz CT molecular complexity index is 208. The lowest BCUT2D eigenvalue weighted by atomic mass is 10.00. The summed E-state index contributed by atoms with van der Waals surface area (Å²) in [6, 6.07) is 0. The van der Waals surface area contributed by atoms with Gasteiger partial charge in [-0.2, -0.15) is 0 Å². The van der Waals surface area contributed by atoms with Crippen LogP contribution in [0.4, 0.5) is 0 Å². The van der Waals surface area contributed by atoms with Gasteiger partial charge in [0.2, 0.25) is 5.91 Å². The van der Waals surface area contributed by atoms with Crippen LogP contribution in [0.5, 0.6) is 0 Å². The number of hydroxylamine groups is 1. The van der Waals surface area contributed by atoms with Gasteiger partial charge in [-0.1, -0.05) is 12.8 Å². The molecule has 1 saturated heterocycles. The average Bonchev–Trinajstić information content (AvgIpc) is 2.80. The SMILES string of the molecule is O=C(NOC1CCCC1)C1CCOCC1. The maximum Gasteiger partial charge on any atom is 0.246 e. The molecule has 86 valence electrons. The third-order valence-corrected chi connectivity index (χ3v) is 3.22. The Morgan fingerprint density at radius 1 is 1.13 bits per heavy atom. The lowest BCUT2D eigenvalue weighted by Crippen LogP contribution is -2.36. The van der Waals surface area contributed by atoms with E-state index in [2.05, 4.69) is 5.48 Å². The van der Waals surface area contributed by atoms with Gasteiger partial charge in [0.1, 0.15) is 0 Å². The monoisotopic (exact) mass is 213 g/mol. The third kappa shape index (κ3) is 3.18. The Kier molecular flexibility index (Phi) is 3.97. The highest BCUT2D eigenvalue weighted by Crippen LogP contribution is 2.20. The van der Waals surface area contributed by atoms with Crippen LogP contribution in [0.2, 0.25) is 0 Å². The van der Waals surface area contributed by atoms with Crippen molar-refractivity contribution in [2.75, 3.05) is 13.2 Å². The highest BCUT2D eigenvalue weighted by molar-refractivity contribution is 5.77. The zero-order valence-corrected chi connectivity index (χ0v) is 9.04. The van der Waals surface area contributed by atoms with Crippen LogP contribution < -0.4 is 5.48 Å². The summed E-state index contributed by atoms with van der Waals surface area (Å²) in [5.41, 5.74) is 2.60. The molecule has 0 radical (unpaired) electrons. The number of carbonyl (C=O) groups is 1. The molecule has 1 aliphatic heterocycles. The van der Waals surface area contributed by atoms with Crippen LogP contribution in [-0.4, -0.2) is 25.2 Å². The largest absolute Gasteiger partial charge is 0.381 e. The summed E-state index contributed by atoms with van der Waals surface area (Å²) in [6.07, 6.45) is 6.48. The molecule has 2 fully saturated rings. The molecule has 4 heteroatoms. The molecule has 2 aliphatic rings. The van der Waals surface area contributed by atoms with Crippen LogP contribution in [0.3, 0.4) is 0 Å². The molecule has 15 heavy (non-hydrogen) atoms. The second-order valence-corrected chi connectivity index (χ2v) is 4.38. The van der Waals surface area contributed by atoms with Crippen LogP contribution in [0.1, 0.15) is 38.5 Å². The van der Waals surface area contributed by atoms with Crippen LogP contribution in [0.25, 0.3) is 0 Å². The molecule has 0 aromatic heterocycles. The maximum atomic E-state index is 11.7. The summed E-state index contributed by atoms with van der Waals surface area (Å²) in [4.78, 5) is 17.0. The topological polar surface area (TPSA) is 47.6 Å². The first-order valence-electron chi connectivity index (χ1n) is 5.89. The lowest BCUT2D eigenvalue weighted by molar-refractivity contribution is -0.145. The lowest BCUT2D eigenvalue weighted by Gasteiger charge is -2.21. The first kappa shape index (κ1) is 10.9. The Labute approximate surface area is 90.3 Å². The fourth-order valence-electron chi connectivity index (χ4n) is 2.19. The number of amides is 1. The van der Waals surface area contributed by atoms with Crippen LogP contribution in [0, 0.1) is 5.92 Å². The summed E-state index contributed by atoms with van der Waals surface area (Å²) >= 11 is 0. The number of ether oxygens (including phenoxy) is 1. The summed E-state index contributed by atoms with van der Waals surface area (Å²) < 4.78 is 5.21. The highest BCUT2D eigenvalue weighted by Gasteiger charge is 2.23.